The lowest BCUT2D eigenvalue weighted by Gasteiger charge is -2.08. The summed E-state index contributed by atoms with van der Waals surface area (Å²) in [5.74, 6) is 0. The van der Waals surface area contributed by atoms with E-state index >= 15 is 0 Å². The standard InChI is InChI=1S/C18H16N3.C17H14N3/c1-11-7-12(2)18-16(13(11)3)10-20-9-14-5-6-15(19-4)8-17(14)21(18)20;1-11-4-5-12(2)17-15(11)10-19-9-13-6-7-14(18-3)8-16(13)20(17)19/h5-9H,10H2,1-3H3;4-9H,10H2,1-2H3/q2*+1. The summed E-state index contributed by atoms with van der Waals surface area (Å²) in [6.07, 6.45) is 4.35. The Bertz CT molecular complexity index is 2180. The first-order valence-electron chi connectivity index (χ1n) is 13.8. The van der Waals surface area contributed by atoms with Gasteiger partial charge in [-0.05, 0) is 74.6 Å². The Labute approximate surface area is 239 Å². The van der Waals surface area contributed by atoms with Crippen molar-refractivity contribution in [3.63, 3.8) is 0 Å². The summed E-state index contributed by atoms with van der Waals surface area (Å²) >= 11 is 0. The van der Waals surface area contributed by atoms with E-state index < -0.39 is 0 Å². The summed E-state index contributed by atoms with van der Waals surface area (Å²) in [4.78, 5) is 7.11. The SMILES string of the molecule is [C-]#[N+]c1ccc2c[n+]3n(c2c1)-c1c(C)cc(C)c(C)c1C3.[C-]#[N+]c1ccc2c[n+]3n(c2c1)-c1c(C)ccc(C)c1C3. The van der Waals surface area contributed by atoms with Gasteiger partial charge in [0.1, 0.15) is 22.4 Å². The minimum absolute atomic E-state index is 0.692. The van der Waals surface area contributed by atoms with Crippen molar-refractivity contribution in [2.45, 2.75) is 47.7 Å². The highest BCUT2D eigenvalue weighted by Gasteiger charge is 2.32. The molecule has 6 aromatic rings. The van der Waals surface area contributed by atoms with Gasteiger partial charge >= 0.3 is 0 Å². The van der Waals surface area contributed by atoms with E-state index in [-0.39, 0.29) is 0 Å². The van der Waals surface area contributed by atoms with E-state index in [1.165, 1.54) is 61.1 Å². The molecule has 0 saturated carbocycles. The molecule has 4 aromatic carbocycles. The Morgan fingerprint density at radius 2 is 1.10 bits per heavy atom. The quantitative estimate of drug-likeness (QED) is 0.145. The minimum atomic E-state index is 0.692. The van der Waals surface area contributed by atoms with E-state index in [0.29, 0.717) is 11.4 Å². The van der Waals surface area contributed by atoms with Crippen molar-refractivity contribution >= 4 is 33.2 Å². The Kier molecular flexibility index (Phi) is 5.39. The zero-order valence-electron chi connectivity index (χ0n) is 23.9. The highest BCUT2D eigenvalue weighted by Crippen LogP contribution is 2.33. The molecule has 41 heavy (non-hydrogen) atoms. The number of aromatic nitrogens is 4. The Morgan fingerprint density at radius 1 is 0.585 bits per heavy atom. The van der Waals surface area contributed by atoms with Crippen molar-refractivity contribution in [2.75, 3.05) is 0 Å². The first-order chi connectivity index (χ1) is 19.8. The van der Waals surface area contributed by atoms with E-state index in [4.69, 9.17) is 13.1 Å². The number of benzene rings is 4. The molecule has 6 nitrogen and oxygen atoms in total. The van der Waals surface area contributed by atoms with Crippen molar-refractivity contribution in [1.82, 2.24) is 9.36 Å². The largest absolute Gasteiger partial charge is 0.238 e. The zero-order chi connectivity index (χ0) is 28.6. The lowest BCUT2D eigenvalue weighted by atomic mass is 9.98. The second-order valence-electron chi connectivity index (χ2n) is 11.3. The number of aryl methyl sites for hydroxylation is 4. The molecule has 2 aliphatic rings. The normalized spacial score (nSPS) is 12.3. The van der Waals surface area contributed by atoms with Crippen LogP contribution < -0.4 is 9.36 Å². The maximum absolute atomic E-state index is 7.23. The van der Waals surface area contributed by atoms with Crippen molar-refractivity contribution < 1.29 is 9.36 Å². The molecule has 2 aromatic heterocycles. The van der Waals surface area contributed by atoms with E-state index in [2.05, 4.69) is 93.6 Å². The highest BCUT2D eigenvalue weighted by atomic mass is 15.4. The summed E-state index contributed by atoms with van der Waals surface area (Å²) in [7, 11) is 0. The molecule has 198 valence electrons. The van der Waals surface area contributed by atoms with E-state index in [0.717, 1.165) is 24.1 Å². The molecule has 0 radical (unpaired) electrons. The molecular formula is C35H30N6+2. The van der Waals surface area contributed by atoms with Crippen LogP contribution in [0.15, 0.2) is 67.0 Å². The van der Waals surface area contributed by atoms with Crippen LogP contribution >= 0.6 is 0 Å². The van der Waals surface area contributed by atoms with Crippen molar-refractivity contribution in [2.24, 2.45) is 0 Å². The molecular weight excluding hydrogens is 504 g/mol. The van der Waals surface area contributed by atoms with Gasteiger partial charge in [0.05, 0.1) is 35.0 Å². The molecule has 6 heteroatoms. The first kappa shape index (κ1) is 24.8. The average molecular weight is 535 g/mol. The van der Waals surface area contributed by atoms with Crippen LogP contribution in [-0.4, -0.2) is 9.36 Å². The second kappa shape index (κ2) is 8.91. The predicted octanol–water partition coefficient (Wildman–Crippen LogP) is 7.20. The van der Waals surface area contributed by atoms with Gasteiger partial charge in [0, 0.05) is 0 Å². The summed E-state index contributed by atoms with van der Waals surface area (Å²) in [6, 6.07) is 18.4. The molecule has 0 aliphatic carbocycles. The van der Waals surface area contributed by atoms with Gasteiger partial charge in [-0.2, -0.15) is 0 Å². The summed E-state index contributed by atoms with van der Waals surface area (Å²) in [5, 5.41) is 2.37. The Balaban J connectivity index is 0.000000135. The number of hydrogen-bond donors (Lipinski definition) is 0. The molecule has 0 fully saturated rings. The van der Waals surface area contributed by atoms with Gasteiger partial charge in [0.25, 0.3) is 0 Å². The van der Waals surface area contributed by atoms with Gasteiger partial charge < -0.3 is 0 Å². The van der Waals surface area contributed by atoms with Gasteiger partial charge in [0.15, 0.2) is 24.5 Å². The molecule has 0 N–H and O–H groups in total. The van der Waals surface area contributed by atoms with Crippen LogP contribution in [0, 0.1) is 47.8 Å². The zero-order valence-corrected chi connectivity index (χ0v) is 23.9. The topological polar surface area (TPSA) is 26.3 Å². The van der Waals surface area contributed by atoms with E-state index in [9.17, 15) is 0 Å². The van der Waals surface area contributed by atoms with Crippen molar-refractivity contribution in [3.8, 4) is 11.4 Å². The van der Waals surface area contributed by atoms with Crippen LogP contribution in [0.3, 0.4) is 0 Å². The summed E-state index contributed by atoms with van der Waals surface area (Å²) in [6.45, 7) is 27.1. The van der Waals surface area contributed by atoms with Crippen LogP contribution in [0.1, 0.15) is 38.9 Å². The first-order valence-corrected chi connectivity index (χ1v) is 13.8. The third-order valence-electron chi connectivity index (χ3n) is 8.75. The summed E-state index contributed by atoms with van der Waals surface area (Å²) in [5.41, 5.74) is 15.6. The molecule has 0 amide bonds. The molecule has 0 saturated heterocycles. The Morgan fingerprint density at radius 3 is 1.66 bits per heavy atom. The maximum Gasteiger partial charge on any atom is 0.204 e. The smallest absolute Gasteiger partial charge is 0.204 e. The number of rotatable bonds is 0. The van der Waals surface area contributed by atoms with E-state index in [1.54, 1.807) is 0 Å². The maximum atomic E-state index is 7.23. The monoisotopic (exact) mass is 534 g/mol. The summed E-state index contributed by atoms with van der Waals surface area (Å²) < 4.78 is 9.01. The molecule has 0 atom stereocenters. The number of fused-ring (bicyclic) bond motifs is 10. The lowest BCUT2D eigenvalue weighted by molar-refractivity contribution is -0.749. The van der Waals surface area contributed by atoms with Crippen LogP contribution in [0.2, 0.25) is 0 Å². The molecule has 0 unspecified atom stereocenters. The minimum Gasteiger partial charge on any atom is -0.238 e. The van der Waals surface area contributed by atoms with Gasteiger partial charge in [-0.1, -0.05) is 42.5 Å². The van der Waals surface area contributed by atoms with Crippen LogP contribution in [0.4, 0.5) is 11.4 Å². The van der Waals surface area contributed by atoms with Crippen molar-refractivity contribution in [3.05, 3.63) is 129 Å². The van der Waals surface area contributed by atoms with Gasteiger partial charge in [-0.3, -0.25) is 0 Å². The predicted molar refractivity (Wildman–Crippen MR) is 161 cm³/mol. The fourth-order valence-electron chi connectivity index (χ4n) is 6.55. The lowest BCUT2D eigenvalue weighted by Crippen LogP contribution is -2.36. The molecule has 2 aliphatic heterocycles. The second-order valence-corrected chi connectivity index (χ2v) is 11.3. The fourth-order valence-corrected chi connectivity index (χ4v) is 6.55. The fraction of sp³-hybridized carbons (Fsp3) is 0.200. The van der Waals surface area contributed by atoms with Gasteiger partial charge in [0.2, 0.25) is 12.4 Å². The molecule has 0 bridgehead atoms. The number of nitrogens with zero attached hydrogens (tertiary/aromatic N) is 6. The van der Waals surface area contributed by atoms with Crippen LogP contribution in [0.25, 0.3) is 42.9 Å². The van der Waals surface area contributed by atoms with Gasteiger partial charge in [-0.15, -0.1) is 18.7 Å². The third-order valence-corrected chi connectivity index (χ3v) is 8.75. The average Bonchev–Trinajstić information content (AvgIpc) is 3.71. The van der Waals surface area contributed by atoms with Gasteiger partial charge in [-0.25, -0.2) is 9.69 Å². The molecule has 8 rings (SSSR count). The molecule has 0 spiro atoms. The van der Waals surface area contributed by atoms with Crippen LogP contribution in [-0.2, 0) is 13.1 Å². The Hall–Kier alpha value is -5.20. The highest BCUT2D eigenvalue weighted by molar-refractivity contribution is 5.85. The number of hydrogen-bond acceptors (Lipinski definition) is 0. The molecule has 4 heterocycles. The third kappa shape index (κ3) is 3.61. The van der Waals surface area contributed by atoms with Crippen LogP contribution in [0.5, 0.6) is 0 Å². The van der Waals surface area contributed by atoms with E-state index in [1.807, 2.05) is 36.4 Å². The van der Waals surface area contributed by atoms with Crippen molar-refractivity contribution in [1.29, 1.82) is 0 Å².